The number of nitrogens with one attached hydrogen (secondary N) is 1. The maximum atomic E-state index is 8.59. The lowest BCUT2D eigenvalue weighted by Gasteiger charge is -2.02. The summed E-state index contributed by atoms with van der Waals surface area (Å²) in [5, 5.41) is 19.8. The summed E-state index contributed by atoms with van der Waals surface area (Å²) in [6.45, 7) is 0. The number of aromatic nitrogens is 2. The highest BCUT2D eigenvalue weighted by Crippen LogP contribution is 2.13. The summed E-state index contributed by atoms with van der Waals surface area (Å²) in [5.74, 6) is 0.411. The van der Waals surface area contributed by atoms with E-state index in [0.29, 0.717) is 5.82 Å². The van der Waals surface area contributed by atoms with Crippen LogP contribution in [0.15, 0.2) is 0 Å². The molecule has 0 aliphatic heterocycles. The van der Waals surface area contributed by atoms with Crippen LogP contribution in [0.4, 0.5) is 11.6 Å². The van der Waals surface area contributed by atoms with E-state index < -0.39 is 0 Å². The molecule has 6 heteroatoms. The van der Waals surface area contributed by atoms with Crippen molar-refractivity contribution in [2.75, 3.05) is 18.1 Å². The lowest BCUT2D eigenvalue weighted by atomic mass is 10.3. The molecule has 0 aliphatic carbocycles. The molecule has 3 N–H and O–H groups in total. The van der Waals surface area contributed by atoms with Crippen LogP contribution < -0.4 is 11.1 Å². The first-order valence-corrected chi connectivity index (χ1v) is 3.38. The number of hydrogen-bond donors (Lipinski definition) is 2. The first kappa shape index (κ1) is 8.75. The van der Waals surface area contributed by atoms with Gasteiger partial charge in [-0.25, -0.2) is 9.97 Å². The molecule has 0 aromatic carbocycles. The molecular formula is C7H6N6. The van der Waals surface area contributed by atoms with Gasteiger partial charge in [0.25, 0.3) is 0 Å². The summed E-state index contributed by atoms with van der Waals surface area (Å²) in [6, 6.07) is 3.49. The van der Waals surface area contributed by atoms with E-state index in [1.807, 2.05) is 0 Å². The van der Waals surface area contributed by atoms with Gasteiger partial charge in [0.05, 0.1) is 0 Å². The topological polar surface area (TPSA) is 111 Å². The molecule has 0 spiro atoms. The minimum absolute atomic E-state index is 0.0268. The number of nitrogens with zero attached hydrogens (tertiary/aromatic N) is 4. The van der Waals surface area contributed by atoms with Gasteiger partial charge >= 0.3 is 0 Å². The van der Waals surface area contributed by atoms with Crippen LogP contribution in [0.1, 0.15) is 11.4 Å². The second kappa shape index (κ2) is 3.37. The van der Waals surface area contributed by atoms with Crippen molar-refractivity contribution in [3.63, 3.8) is 0 Å². The van der Waals surface area contributed by atoms with Gasteiger partial charge in [-0.3, -0.25) is 0 Å². The lowest BCUT2D eigenvalue weighted by Crippen LogP contribution is -2.05. The Bertz CT molecular complexity index is 410. The molecule has 1 aromatic rings. The quantitative estimate of drug-likeness (QED) is 0.612. The summed E-state index contributed by atoms with van der Waals surface area (Å²) in [5.41, 5.74) is 5.35. The van der Waals surface area contributed by atoms with Gasteiger partial charge in [-0.15, -0.1) is 0 Å². The van der Waals surface area contributed by atoms with Gasteiger partial charge in [0, 0.05) is 7.05 Å². The van der Waals surface area contributed by atoms with E-state index in [4.69, 9.17) is 16.3 Å². The summed E-state index contributed by atoms with van der Waals surface area (Å²) < 4.78 is 0. The van der Waals surface area contributed by atoms with Gasteiger partial charge in [0.1, 0.15) is 12.1 Å². The number of nitrogens with two attached hydrogens (primary N) is 1. The predicted molar refractivity (Wildman–Crippen MR) is 45.4 cm³/mol. The standard InChI is InChI=1S/C7H6N6/c1-11-7-6(10)12-4(2-8)5(3-9)13-7/h1H3,(H2,10,12)(H,11,13). The fourth-order valence-electron chi connectivity index (χ4n) is 0.788. The molecule has 0 saturated heterocycles. The number of anilines is 2. The number of nitriles is 2. The Labute approximate surface area is 74.6 Å². The number of nitrogen functional groups attached to an aromatic ring is 1. The summed E-state index contributed by atoms with van der Waals surface area (Å²) in [7, 11) is 1.60. The minimum atomic E-state index is -0.0565. The molecule has 0 radical (unpaired) electrons. The van der Waals surface area contributed by atoms with Crippen LogP contribution in [-0.2, 0) is 0 Å². The first-order valence-electron chi connectivity index (χ1n) is 3.38. The van der Waals surface area contributed by atoms with Crippen molar-refractivity contribution < 1.29 is 0 Å². The van der Waals surface area contributed by atoms with Gasteiger partial charge in [0.15, 0.2) is 23.0 Å². The molecular weight excluding hydrogens is 168 g/mol. The van der Waals surface area contributed by atoms with Gasteiger partial charge in [0.2, 0.25) is 0 Å². The van der Waals surface area contributed by atoms with E-state index in [0.717, 1.165) is 0 Å². The highest BCUT2D eigenvalue weighted by atomic mass is 15.0. The zero-order valence-electron chi connectivity index (χ0n) is 6.87. The smallest absolute Gasteiger partial charge is 0.179 e. The molecule has 1 rings (SSSR count). The van der Waals surface area contributed by atoms with E-state index in [1.165, 1.54) is 0 Å². The van der Waals surface area contributed by atoms with E-state index >= 15 is 0 Å². The zero-order valence-corrected chi connectivity index (χ0v) is 6.87. The Morgan fingerprint density at radius 2 is 1.77 bits per heavy atom. The SMILES string of the molecule is CNc1nc(C#N)c(C#N)nc1N. The Hall–Kier alpha value is -2.34. The molecule has 0 amide bonds. The van der Waals surface area contributed by atoms with Crippen LogP contribution in [0.3, 0.4) is 0 Å². The van der Waals surface area contributed by atoms with Crippen molar-refractivity contribution in [3.8, 4) is 12.1 Å². The van der Waals surface area contributed by atoms with Gasteiger partial charge in [-0.1, -0.05) is 0 Å². The largest absolute Gasteiger partial charge is 0.381 e. The summed E-state index contributed by atoms with van der Waals surface area (Å²) in [6.07, 6.45) is 0. The zero-order chi connectivity index (χ0) is 9.84. The summed E-state index contributed by atoms with van der Waals surface area (Å²) in [4.78, 5) is 7.50. The maximum Gasteiger partial charge on any atom is 0.179 e. The predicted octanol–water partition coefficient (Wildman–Crippen LogP) is -0.156. The van der Waals surface area contributed by atoms with E-state index in [1.54, 1.807) is 19.2 Å². The highest BCUT2D eigenvalue weighted by Gasteiger charge is 2.09. The molecule has 6 nitrogen and oxygen atoms in total. The molecule has 0 saturated carbocycles. The van der Waals surface area contributed by atoms with Crippen LogP contribution >= 0.6 is 0 Å². The second-order valence-electron chi connectivity index (χ2n) is 2.13. The van der Waals surface area contributed by atoms with Crippen LogP contribution in [0, 0.1) is 22.7 Å². The van der Waals surface area contributed by atoms with Crippen LogP contribution in [-0.4, -0.2) is 17.0 Å². The Morgan fingerprint density at radius 1 is 1.23 bits per heavy atom. The van der Waals surface area contributed by atoms with Gasteiger partial charge in [-0.2, -0.15) is 10.5 Å². The molecule has 0 aliphatic rings. The van der Waals surface area contributed by atoms with Crippen molar-refractivity contribution in [3.05, 3.63) is 11.4 Å². The van der Waals surface area contributed by atoms with Crippen molar-refractivity contribution >= 4 is 11.6 Å². The number of hydrogen-bond acceptors (Lipinski definition) is 6. The Kier molecular flexibility index (Phi) is 2.27. The third-order valence-corrected chi connectivity index (χ3v) is 1.37. The Morgan fingerprint density at radius 3 is 2.23 bits per heavy atom. The monoisotopic (exact) mass is 174 g/mol. The average Bonchev–Trinajstić information content (AvgIpc) is 2.17. The second-order valence-corrected chi connectivity index (χ2v) is 2.13. The van der Waals surface area contributed by atoms with Gasteiger partial charge < -0.3 is 11.1 Å². The molecule has 1 heterocycles. The van der Waals surface area contributed by atoms with Crippen LogP contribution in [0.2, 0.25) is 0 Å². The van der Waals surface area contributed by atoms with Crippen molar-refractivity contribution in [1.82, 2.24) is 9.97 Å². The molecule has 0 bridgehead atoms. The molecule has 0 unspecified atom stereocenters. The normalized spacial score (nSPS) is 8.54. The fourth-order valence-corrected chi connectivity index (χ4v) is 0.788. The average molecular weight is 174 g/mol. The molecule has 64 valence electrons. The minimum Gasteiger partial charge on any atom is -0.381 e. The van der Waals surface area contributed by atoms with Crippen LogP contribution in [0.25, 0.3) is 0 Å². The summed E-state index contributed by atoms with van der Waals surface area (Å²) >= 11 is 0. The fraction of sp³-hybridized carbons (Fsp3) is 0.143. The highest BCUT2D eigenvalue weighted by molar-refractivity contribution is 5.58. The van der Waals surface area contributed by atoms with E-state index in [-0.39, 0.29) is 17.2 Å². The van der Waals surface area contributed by atoms with Crippen LogP contribution in [0.5, 0.6) is 0 Å². The van der Waals surface area contributed by atoms with E-state index in [9.17, 15) is 0 Å². The van der Waals surface area contributed by atoms with Crippen molar-refractivity contribution in [2.24, 2.45) is 0 Å². The first-order chi connectivity index (χ1) is 6.22. The Balaban J connectivity index is 3.39. The van der Waals surface area contributed by atoms with Gasteiger partial charge in [-0.05, 0) is 0 Å². The third-order valence-electron chi connectivity index (χ3n) is 1.37. The van der Waals surface area contributed by atoms with Crippen molar-refractivity contribution in [1.29, 1.82) is 10.5 Å². The number of rotatable bonds is 1. The van der Waals surface area contributed by atoms with E-state index in [2.05, 4.69) is 15.3 Å². The lowest BCUT2D eigenvalue weighted by molar-refractivity contribution is 1.13. The molecule has 1 aromatic heterocycles. The van der Waals surface area contributed by atoms with Crippen molar-refractivity contribution in [2.45, 2.75) is 0 Å². The molecule has 13 heavy (non-hydrogen) atoms. The third kappa shape index (κ3) is 1.47. The maximum absolute atomic E-state index is 8.59. The molecule has 0 atom stereocenters. The molecule has 0 fully saturated rings.